The number of benzene rings is 1. The first-order chi connectivity index (χ1) is 14.1. The number of thiazole rings is 1. The van der Waals surface area contributed by atoms with E-state index in [-0.39, 0.29) is 24.3 Å². The van der Waals surface area contributed by atoms with E-state index in [0.717, 1.165) is 11.3 Å². The molecule has 2 aliphatic rings. The van der Waals surface area contributed by atoms with Crippen LogP contribution in [0.2, 0.25) is 0 Å². The quantitative estimate of drug-likeness (QED) is 0.715. The number of nitrogens with one attached hydrogen (secondary N) is 1. The molecule has 1 aliphatic carbocycles. The third-order valence-electron chi connectivity index (χ3n) is 5.27. The average Bonchev–Trinajstić information content (AvgIpc) is 3.35. The summed E-state index contributed by atoms with van der Waals surface area (Å²) in [6.07, 6.45) is 2.74. The molecule has 1 aromatic heterocycles. The van der Waals surface area contributed by atoms with Gasteiger partial charge in [0, 0.05) is 30.2 Å². The minimum Gasteiger partial charge on any atom is -0.493 e. The van der Waals surface area contributed by atoms with Gasteiger partial charge in [0.25, 0.3) is 0 Å². The third-order valence-corrected chi connectivity index (χ3v) is 6.05. The van der Waals surface area contributed by atoms with Gasteiger partial charge in [0.15, 0.2) is 16.6 Å². The molecule has 2 heterocycles. The number of anilines is 1. The maximum Gasteiger partial charge on any atom is 0.245 e. The smallest absolute Gasteiger partial charge is 0.245 e. The van der Waals surface area contributed by atoms with Gasteiger partial charge in [-0.15, -0.1) is 11.3 Å². The summed E-state index contributed by atoms with van der Waals surface area (Å²) >= 11 is 1.44. The molecule has 1 saturated heterocycles. The normalized spacial score (nSPS) is 18.8. The summed E-state index contributed by atoms with van der Waals surface area (Å²) in [5.41, 5.74) is 2.08. The molecule has 1 atom stereocenters. The Morgan fingerprint density at radius 3 is 2.86 bits per heavy atom. The Hall–Kier alpha value is -2.61. The number of hydrogen-bond acceptors (Lipinski definition) is 6. The topological polar surface area (TPSA) is 80.8 Å². The Morgan fingerprint density at radius 1 is 1.31 bits per heavy atom. The summed E-state index contributed by atoms with van der Waals surface area (Å²) in [6.45, 7) is 3.01. The Labute approximate surface area is 174 Å². The zero-order valence-electron chi connectivity index (χ0n) is 16.6. The van der Waals surface area contributed by atoms with Crippen LogP contribution in [0.4, 0.5) is 5.13 Å². The Morgan fingerprint density at radius 2 is 2.14 bits per heavy atom. The molecule has 4 rings (SSSR count). The molecule has 0 radical (unpaired) electrons. The highest BCUT2D eigenvalue weighted by atomic mass is 32.1. The SMILES string of the molecule is CCOc1cc(C2CC(=O)N(CC(=O)Nc3nc(C4CC4)cs3)C2)ccc1OC. The maximum absolute atomic E-state index is 12.5. The zero-order valence-corrected chi connectivity index (χ0v) is 17.5. The largest absolute Gasteiger partial charge is 0.493 e. The van der Waals surface area contributed by atoms with Gasteiger partial charge in [0.1, 0.15) is 0 Å². The fourth-order valence-electron chi connectivity index (χ4n) is 3.61. The number of rotatable bonds is 8. The monoisotopic (exact) mass is 415 g/mol. The second-order valence-electron chi connectivity index (χ2n) is 7.42. The molecule has 154 valence electrons. The number of aromatic nitrogens is 1. The first-order valence-electron chi connectivity index (χ1n) is 9.91. The number of amides is 2. The molecule has 1 unspecified atom stereocenters. The van der Waals surface area contributed by atoms with Crippen molar-refractivity contribution in [2.24, 2.45) is 0 Å². The molecular formula is C21H25N3O4S. The van der Waals surface area contributed by atoms with Crippen molar-refractivity contribution in [2.45, 2.75) is 38.0 Å². The second-order valence-corrected chi connectivity index (χ2v) is 8.28. The lowest BCUT2D eigenvalue weighted by Gasteiger charge is -2.17. The van der Waals surface area contributed by atoms with Gasteiger partial charge < -0.3 is 19.7 Å². The molecule has 8 heteroatoms. The summed E-state index contributed by atoms with van der Waals surface area (Å²) in [4.78, 5) is 30.9. The molecule has 1 aromatic carbocycles. The zero-order chi connectivity index (χ0) is 20.4. The number of likely N-dealkylation sites (tertiary alicyclic amines) is 1. The van der Waals surface area contributed by atoms with Gasteiger partial charge >= 0.3 is 0 Å². The minimum atomic E-state index is -0.208. The molecule has 0 spiro atoms. The lowest BCUT2D eigenvalue weighted by Crippen LogP contribution is -2.34. The van der Waals surface area contributed by atoms with Crippen molar-refractivity contribution in [3.8, 4) is 11.5 Å². The molecule has 0 bridgehead atoms. The van der Waals surface area contributed by atoms with E-state index < -0.39 is 0 Å². The molecule has 2 aromatic rings. The standard InChI is InChI=1S/C21H25N3O4S/c1-3-28-18-8-14(6-7-17(18)27-2)15-9-20(26)24(10-15)11-19(25)23-21-22-16(12-29-21)13-4-5-13/h6-8,12-13,15H,3-5,9-11H2,1-2H3,(H,22,23,25). The first kappa shape index (κ1) is 19.7. The van der Waals surface area contributed by atoms with Crippen LogP contribution in [0.1, 0.15) is 49.3 Å². The van der Waals surface area contributed by atoms with Crippen molar-refractivity contribution in [1.29, 1.82) is 0 Å². The van der Waals surface area contributed by atoms with Gasteiger partial charge in [-0.2, -0.15) is 0 Å². The van der Waals surface area contributed by atoms with Crippen molar-refractivity contribution in [3.05, 3.63) is 34.8 Å². The van der Waals surface area contributed by atoms with Crippen LogP contribution in [0.3, 0.4) is 0 Å². The fraction of sp³-hybridized carbons (Fsp3) is 0.476. The van der Waals surface area contributed by atoms with E-state index in [1.54, 1.807) is 12.0 Å². The Bertz CT molecular complexity index is 909. The van der Waals surface area contributed by atoms with Gasteiger partial charge in [-0.25, -0.2) is 4.98 Å². The van der Waals surface area contributed by atoms with Crippen LogP contribution in [0.5, 0.6) is 11.5 Å². The summed E-state index contributed by atoms with van der Waals surface area (Å²) in [5.74, 6) is 1.71. The van der Waals surface area contributed by atoms with Crippen molar-refractivity contribution >= 4 is 28.3 Å². The van der Waals surface area contributed by atoms with Gasteiger partial charge in [-0.3, -0.25) is 9.59 Å². The molecule has 2 amide bonds. The first-order valence-corrected chi connectivity index (χ1v) is 10.8. The number of ether oxygens (including phenoxy) is 2. The Kier molecular flexibility index (Phi) is 5.71. The van der Waals surface area contributed by atoms with Crippen LogP contribution in [-0.2, 0) is 9.59 Å². The summed E-state index contributed by atoms with van der Waals surface area (Å²) in [7, 11) is 1.60. The van der Waals surface area contributed by atoms with Gasteiger partial charge in [-0.05, 0) is 37.5 Å². The van der Waals surface area contributed by atoms with Crippen molar-refractivity contribution in [3.63, 3.8) is 0 Å². The summed E-state index contributed by atoms with van der Waals surface area (Å²) < 4.78 is 11.0. The van der Waals surface area contributed by atoms with Crippen LogP contribution < -0.4 is 14.8 Å². The molecule has 1 aliphatic heterocycles. The minimum absolute atomic E-state index is 0.0169. The van der Waals surface area contributed by atoms with E-state index in [0.29, 0.717) is 42.1 Å². The van der Waals surface area contributed by atoms with Crippen LogP contribution in [-0.4, -0.2) is 48.5 Å². The number of hydrogen-bond donors (Lipinski definition) is 1. The van der Waals surface area contributed by atoms with Gasteiger partial charge in [-0.1, -0.05) is 6.07 Å². The molecule has 2 fully saturated rings. The van der Waals surface area contributed by atoms with E-state index in [2.05, 4.69) is 10.3 Å². The van der Waals surface area contributed by atoms with E-state index in [9.17, 15) is 9.59 Å². The number of carbonyl (C=O) groups excluding carboxylic acids is 2. The van der Waals surface area contributed by atoms with Crippen molar-refractivity contribution < 1.29 is 19.1 Å². The lowest BCUT2D eigenvalue weighted by atomic mass is 9.98. The Balaban J connectivity index is 1.37. The maximum atomic E-state index is 12.5. The number of methoxy groups -OCH3 is 1. The van der Waals surface area contributed by atoms with E-state index >= 15 is 0 Å². The lowest BCUT2D eigenvalue weighted by molar-refractivity contribution is -0.131. The van der Waals surface area contributed by atoms with E-state index in [1.807, 2.05) is 30.5 Å². The highest BCUT2D eigenvalue weighted by Gasteiger charge is 2.32. The fourth-order valence-corrected chi connectivity index (χ4v) is 4.41. The predicted molar refractivity (Wildman–Crippen MR) is 111 cm³/mol. The summed E-state index contributed by atoms with van der Waals surface area (Å²) in [5, 5.41) is 5.44. The second kappa shape index (κ2) is 8.41. The number of carbonyl (C=O) groups is 2. The van der Waals surface area contributed by atoms with Gasteiger partial charge in [0.2, 0.25) is 11.8 Å². The van der Waals surface area contributed by atoms with Crippen molar-refractivity contribution in [2.75, 3.05) is 32.1 Å². The number of nitrogens with zero attached hydrogens (tertiary/aromatic N) is 2. The van der Waals surface area contributed by atoms with E-state index in [1.165, 1.54) is 24.2 Å². The van der Waals surface area contributed by atoms with Crippen LogP contribution in [0.25, 0.3) is 0 Å². The highest BCUT2D eigenvalue weighted by Crippen LogP contribution is 2.41. The van der Waals surface area contributed by atoms with Gasteiger partial charge in [0.05, 0.1) is 26.0 Å². The molecule has 1 N–H and O–H groups in total. The van der Waals surface area contributed by atoms with Crippen LogP contribution >= 0.6 is 11.3 Å². The van der Waals surface area contributed by atoms with Crippen molar-refractivity contribution in [1.82, 2.24) is 9.88 Å². The molecule has 29 heavy (non-hydrogen) atoms. The van der Waals surface area contributed by atoms with Crippen LogP contribution in [0, 0.1) is 0 Å². The predicted octanol–water partition coefficient (Wildman–Crippen LogP) is 3.38. The highest BCUT2D eigenvalue weighted by molar-refractivity contribution is 7.13. The molecule has 7 nitrogen and oxygen atoms in total. The summed E-state index contributed by atoms with van der Waals surface area (Å²) in [6, 6.07) is 5.75. The third kappa shape index (κ3) is 4.53. The van der Waals surface area contributed by atoms with Crippen LogP contribution in [0.15, 0.2) is 23.6 Å². The van der Waals surface area contributed by atoms with E-state index in [4.69, 9.17) is 9.47 Å². The molecular weight excluding hydrogens is 390 g/mol. The molecule has 1 saturated carbocycles. The average molecular weight is 416 g/mol.